The van der Waals surface area contributed by atoms with Crippen molar-refractivity contribution in [3.05, 3.63) is 404 Å². The fourth-order valence-electron chi connectivity index (χ4n) is 15.8. The van der Waals surface area contributed by atoms with Gasteiger partial charge in [-0.1, -0.05) is 202 Å². The summed E-state index contributed by atoms with van der Waals surface area (Å²) in [6.07, 6.45) is 28.9. The van der Waals surface area contributed by atoms with Crippen molar-refractivity contribution in [1.82, 2.24) is 9.97 Å². The highest BCUT2D eigenvalue weighted by atomic mass is 127. The number of unbranched alkanes of at least 4 members (excludes halogenated alkanes) is 5. The van der Waals surface area contributed by atoms with Crippen molar-refractivity contribution in [1.29, 1.82) is 0 Å². The fourth-order valence-corrected chi connectivity index (χ4v) is 16.8. The first-order valence-electron chi connectivity index (χ1n) is 42.1. The van der Waals surface area contributed by atoms with E-state index >= 15 is 0 Å². The highest BCUT2D eigenvalue weighted by molar-refractivity contribution is 14.1. The molecule has 132 heavy (non-hydrogen) atoms. The van der Waals surface area contributed by atoms with Gasteiger partial charge >= 0.3 is 21.4 Å². The second-order valence-corrected chi connectivity index (χ2v) is 32.0. The number of hydrogen-bond donors (Lipinski definition) is 14. The number of H-pyrrole nitrogens is 2. The minimum absolute atomic E-state index is 0.0200. The number of aryl methyl sites for hydroxylation is 3. The Morgan fingerprint density at radius 2 is 0.864 bits per heavy atom. The maximum Gasteiger partial charge on any atom is 0.488 e. The number of aromatic nitrogens is 2. The van der Waals surface area contributed by atoms with Crippen molar-refractivity contribution >= 4 is 112 Å². The van der Waals surface area contributed by atoms with Crippen molar-refractivity contribution in [2.45, 2.75) is 130 Å². The predicted molar refractivity (Wildman–Crippen MR) is 520 cm³/mol. The standard InChI is InChI=1S/C30H20INO9.C30H21NO9.C7H15BO2.C7H7F.C7H8.C7H14.C6H6BFO2.C6H7BO2/c1-3-4-5-6-11-9-13-16(29(40)32-11)26(37)21-12(22(13)31)7-8-30(21)27(38)19-20(28(30)39)25(36)18-17(24(19)35)14(33)10-15(41-2)23(18)34;1-3-4-5-6-14-10-13-9-12-7-8-30(22(12)26(36)17(13)29(39)31-14)27(37)20-21(28(30)38)25(35)19-18(24(20)34)15(32)11-16(40-2)23(19)33;1-2-3-4-5-6-7-8(9)10;1-6-2-4-7(8)5-3-6;1-7-5-3-2-4-6-7;1-3-5-7-6-4-2;8-6-3-1-5(2-4-6)7(9)10;8-7(9)6-4-2-1-3-5-6/h3-6,9-10,37-39H,7-8H2,1-2H3,(H,32,40);3-6,9-11,36-38H,7-8H2,1-2H3,(H,31,39);6-7,9-10H,2-5H2,1H3;2-5H,1H3;2-6H,1H3;3,5H,4,6-7H2,1-2H3;1-4,9-10H;1-5,8-9H/b2*4-3+,6-5+;7-6+;;;5-3+;;. The molecule has 0 amide bonds. The molecule has 2 heterocycles. The normalized spacial score (nSPS) is 14.8. The Hall–Kier alpha value is -13.6. The van der Waals surface area contributed by atoms with Crippen LogP contribution in [0.1, 0.15) is 137 Å². The van der Waals surface area contributed by atoms with Gasteiger partial charge in [-0.2, -0.15) is 0 Å². The van der Waals surface area contributed by atoms with Gasteiger partial charge in [0.2, 0.25) is 32.6 Å². The number of aromatic hydroxyl groups is 2. The van der Waals surface area contributed by atoms with Crippen LogP contribution in [0.3, 0.4) is 0 Å². The van der Waals surface area contributed by atoms with Gasteiger partial charge in [0.15, 0.2) is 22.4 Å². The first-order chi connectivity index (χ1) is 62.9. The molecule has 0 aliphatic heterocycles. The Kier molecular flexibility index (Phi) is 35.4. The van der Waals surface area contributed by atoms with Gasteiger partial charge in [-0.15, -0.1) is 0 Å². The van der Waals surface area contributed by atoms with Crippen LogP contribution in [0.25, 0.3) is 56.7 Å². The summed E-state index contributed by atoms with van der Waals surface area (Å²) in [7, 11) is -1.88. The number of aliphatic hydroxyl groups excluding tert-OH is 4. The number of ether oxygens (including phenoxy) is 2. The van der Waals surface area contributed by atoms with Crippen LogP contribution >= 0.6 is 22.6 Å². The molecule has 0 radical (unpaired) electrons. The fraction of sp³-hybridized carbons (Fsp3) is 0.220. The van der Waals surface area contributed by atoms with Crippen molar-refractivity contribution < 1.29 is 79.0 Å². The molecule has 2 spiro atoms. The van der Waals surface area contributed by atoms with Gasteiger partial charge in [0, 0.05) is 43.6 Å². The lowest BCUT2D eigenvalue weighted by atomic mass is 9.78. The van der Waals surface area contributed by atoms with Crippen LogP contribution in [0.2, 0.25) is 0 Å². The smallest absolute Gasteiger partial charge is 0.488 e. The number of nitrogens with one attached hydrogen (secondary N) is 2. The lowest BCUT2D eigenvalue weighted by molar-refractivity contribution is 0.361. The molecule has 26 nitrogen and oxygen atoms in total. The molecule has 682 valence electrons. The highest BCUT2D eigenvalue weighted by Crippen LogP contribution is 2.56. The molecule has 0 saturated heterocycles. The molecule has 8 aliphatic carbocycles. The van der Waals surface area contributed by atoms with E-state index in [1.807, 2.05) is 79.8 Å². The second-order valence-electron chi connectivity index (χ2n) is 30.9. The predicted octanol–water partition coefficient (Wildman–Crippen LogP) is 7.70. The Labute approximate surface area is 767 Å². The number of halogens is 3. The van der Waals surface area contributed by atoms with Crippen molar-refractivity contribution in [2.75, 3.05) is 14.2 Å². The van der Waals surface area contributed by atoms with Gasteiger partial charge in [-0.05, 0) is 178 Å². The number of aromatic amines is 2. The van der Waals surface area contributed by atoms with Crippen LogP contribution in [0.5, 0.6) is 23.0 Å². The van der Waals surface area contributed by atoms with E-state index in [2.05, 4.69) is 61.9 Å². The minimum atomic E-state index is -1.95. The maximum absolute atomic E-state index is 13.6. The van der Waals surface area contributed by atoms with Gasteiger partial charge in [-0.25, -0.2) is 8.78 Å². The van der Waals surface area contributed by atoms with E-state index in [0.29, 0.717) is 47.8 Å². The first kappa shape index (κ1) is 102. The van der Waals surface area contributed by atoms with E-state index in [-0.39, 0.29) is 59.2 Å². The second kappa shape index (κ2) is 45.8. The van der Waals surface area contributed by atoms with Crippen LogP contribution in [-0.4, -0.2) is 106 Å². The topological polar surface area (TPSA) is 464 Å². The Bertz CT molecular complexity index is 7510. The zero-order valence-electron chi connectivity index (χ0n) is 73.6. The van der Waals surface area contributed by atoms with E-state index < -0.39 is 175 Å². The third-order valence-electron chi connectivity index (χ3n) is 22.3. The molecule has 8 aromatic rings. The number of benzene rings is 6. The zero-order chi connectivity index (χ0) is 96.9. The van der Waals surface area contributed by atoms with E-state index in [4.69, 9.17) is 39.6 Å². The van der Waals surface area contributed by atoms with E-state index in [1.54, 1.807) is 97.1 Å². The lowest BCUT2D eigenvalue weighted by Gasteiger charge is -2.27. The third-order valence-corrected chi connectivity index (χ3v) is 23.5. The van der Waals surface area contributed by atoms with Crippen molar-refractivity contribution in [2.24, 2.45) is 0 Å². The molecule has 6 aromatic carbocycles. The van der Waals surface area contributed by atoms with Crippen LogP contribution in [0.4, 0.5) is 8.78 Å². The minimum Gasteiger partial charge on any atom is -0.510 e. The molecular weight excluding hydrogens is 1810 g/mol. The molecule has 2 unspecified atom stereocenters. The van der Waals surface area contributed by atoms with Crippen LogP contribution in [-0.2, 0) is 23.7 Å². The summed E-state index contributed by atoms with van der Waals surface area (Å²) >= 11 is 2.02. The van der Waals surface area contributed by atoms with Crippen molar-refractivity contribution in [3.63, 3.8) is 0 Å². The number of phenols is 2. The monoisotopic (exact) mass is 1910 g/mol. The largest absolute Gasteiger partial charge is 0.510 e. The Morgan fingerprint density at radius 3 is 1.29 bits per heavy atom. The number of allylic oxidation sites excluding steroid dienone is 9. The van der Waals surface area contributed by atoms with Crippen LogP contribution in [0.15, 0.2) is 248 Å². The summed E-state index contributed by atoms with van der Waals surface area (Å²) in [4.78, 5) is 137. The summed E-state index contributed by atoms with van der Waals surface area (Å²) in [6, 6.07) is 36.9. The number of hydrogen-bond acceptors (Lipinski definition) is 24. The summed E-state index contributed by atoms with van der Waals surface area (Å²) < 4.78 is 34.6. The van der Waals surface area contributed by atoms with Crippen molar-refractivity contribution in [3.8, 4) is 23.0 Å². The summed E-state index contributed by atoms with van der Waals surface area (Å²) in [6.45, 7) is 14.1. The van der Waals surface area contributed by atoms with E-state index in [9.17, 15) is 87.4 Å². The molecule has 0 saturated carbocycles. The molecule has 2 aromatic heterocycles. The Balaban J connectivity index is 0.000000195. The molecule has 32 heteroatoms. The average Bonchev–Trinajstić information content (AvgIpc) is 1.53. The molecule has 16 rings (SSSR count). The van der Waals surface area contributed by atoms with Gasteiger partial charge in [-0.3, -0.25) is 47.9 Å². The number of rotatable bonds is 16. The number of pyridine rings is 2. The first-order valence-corrected chi connectivity index (χ1v) is 43.2. The molecule has 2 atom stereocenters. The number of fused-ring (bicyclic) bond motifs is 8. The quantitative estimate of drug-likeness (QED) is 0.0145. The van der Waals surface area contributed by atoms with E-state index in [1.165, 1.54) is 80.0 Å². The van der Waals surface area contributed by atoms with Gasteiger partial charge in [0.25, 0.3) is 11.1 Å². The average molecular weight is 1910 g/mol. The highest BCUT2D eigenvalue weighted by Gasteiger charge is 2.55. The third kappa shape index (κ3) is 21.7. The van der Waals surface area contributed by atoms with Gasteiger partial charge in [0.05, 0.1) is 66.7 Å². The van der Waals surface area contributed by atoms with Crippen LogP contribution < -0.4 is 95.8 Å². The zero-order valence-corrected chi connectivity index (χ0v) is 75.8. The maximum atomic E-state index is 13.6. The molecule has 0 fully saturated rings. The van der Waals surface area contributed by atoms with Gasteiger partial charge < -0.3 is 80.2 Å². The SMILES string of the molecule is C/C=C/C=C/c1cc2c(I)c3c(c(O)c2c(=O)[nH]1)C1(CC3)C(O)=c2c(=O)c3c(=O)cc(OC)c(=O)c=3c(=O)c2=C1O.C/C=C/C=C/c1cc2cc3c(c(O)c2c(=O)[nH]1)C1(CC3)C(O)=c2c(=O)c3c(=O)cc(OC)c(=O)c=3c(=O)c2=C1O.C/C=C/CCCC.CCCCC/C=C/B(O)O.Cc1ccc(F)cc1.Cc1ccccc1.OB(O)c1ccc(F)cc1.OB(O)c1ccccc1. The van der Waals surface area contributed by atoms with E-state index in [0.717, 1.165) is 44.8 Å². The molecule has 14 N–H and O–H groups in total. The molecular formula is C100H98B3F2IN2O24. The molecule has 0 bridgehead atoms. The Morgan fingerprint density at radius 1 is 0.447 bits per heavy atom. The summed E-state index contributed by atoms with van der Waals surface area (Å²) in [5.41, 5.74) is -8.32. The number of methoxy groups -OCH3 is 2. The number of phenolic OH excluding ortho intramolecular Hbond substituents is 2. The molecule has 8 aliphatic rings. The van der Waals surface area contributed by atoms with Gasteiger partial charge in [0.1, 0.15) is 57.0 Å². The number of aliphatic hydroxyl groups is 4. The lowest BCUT2D eigenvalue weighted by Crippen LogP contribution is -2.51. The van der Waals surface area contributed by atoms with Crippen LogP contribution in [0, 0.1) is 49.9 Å². The summed E-state index contributed by atoms with van der Waals surface area (Å²) in [5.74, 6) is -4.04. The summed E-state index contributed by atoms with van der Waals surface area (Å²) in [5, 5.41) is 115.